The van der Waals surface area contributed by atoms with Crippen molar-refractivity contribution < 1.29 is 9.84 Å². The molecule has 0 spiro atoms. The minimum atomic E-state index is -0.812. The van der Waals surface area contributed by atoms with Gasteiger partial charge in [-0.1, -0.05) is 13.8 Å². The molecule has 1 atom stereocenters. The van der Waals surface area contributed by atoms with Gasteiger partial charge in [0.15, 0.2) is 0 Å². The van der Waals surface area contributed by atoms with E-state index in [1.54, 1.807) is 0 Å². The molecule has 1 aromatic rings. The average molecular weight is 252 g/mol. The number of aromatic nitrogens is 2. The third kappa shape index (κ3) is 2.70. The summed E-state index contributed by atoms with van der Waals surface area (Å²) in [6.07, 6.45) is 2.07. The van der Waals surface area contributed by atoms with Crippen LogP contribution in [0.5, 0.6) is 0 Å². The van der Waals surface area contributed by atoms with Crippen LogP contribution in [0.2, 0.25) is 0 Å². The topological polar surface area (TPSA) is 93.3 Å². The summed E-state index contributed by atoms with van der Waals surface area (Å²) in [6, 6.07) is 0. The fraction of sp³-hybridized carbons (Fsp3) is 0.667. The number of rotatable bonds is 4. The van der Waals surface area contributed by atoms with Gasteiger partial charge in [-0.05, 0) is 5.92 Å². The highest BCUT2D eigenvalue weighted by Crippen LogP contribution is 2.27. The molecule has 1 saturated heterocycles. The van der Waals surface area contributed by atoms with Gasteiger partial charge < -0.3 is 20.9 Å². The molecule has 0 aliphatic carbocycles. The Morgan fingerprint density at radius 2 is 2.33 bits per heavy atom. The molecule has 4 N–H and O–H groups in total. The van der Waals surface area contributed by atoms with Crippen molar-refractivity contribution in [3.8, 4) is 0 Å². The maximum absolute atomic E-state index is 10.2. The number of nitrogen functional groups attached to an aromatic ring is 1. The number of hydrogen-bond donors (Lipinski definition) is 3. The first kappa shape index (κ1) is 13.0. The second-order valence-corrected chi connectivity index (χ2v) is 5.06. The lowest BCUT2D eigenvalue weighted by Crippen LogP contribution is -2.37. The van der Waals surface area contributed by atoms with Gasteiger partial charge in [-0.3, -0.25) is 0 Å². The van der Waals surface area contributed by atoms with Gasteiger partial charge in [0.1, 0.15) is 23.6 Å². The summed E-state index contributed by atoms with van der Waals surface area (Å²) in [5, 5.41) is 13.3. The van der Waals surface area contributed by atoms with Crippen molar-refractivity contribution in [2.45, 2.75) is 31.8 Å². The first-order valence-corrected chi connectivity index (χ1v) is 6.16. The molecule has 2 heterocycles. The zero-order valence-electron chi connectivity index (χ0n) is 10.8. The van der Waals surface area contributed by atoms with Crippen LogP contribution in [0.1, 0.15) is 31.7 Å². The Hall–Kier alpha value is -1.40. The van der Waals surface area contributed by atoms with Gasteiger partial charge in [0.2, 0.25) is 0 Å². The largest absolute Gasteiger partial charge is 0.386 e. The third-order valence-electron chi connectivity index (χ3n) is 3.16. The normalized spacial score (nSPS) is 23.6. The molecule has 1 aliphatic heterocycles. The minimum Gasteiger partial charge on any atom is -0.386 e. The minimum absolute atomic E-state index is 0.225. The van der Waals surface area contributed by atoms with Crippen LogP contribution < -0.4 is 11.1 Å². The molecule has 0 bridgehead atoms. The fourth-order valence-electron chi connectivity index (χ4n) is 2.10. The lowest BCUT2D eigenvalue weighted by atomic mass is 10.0. The lowest BCUT2D eigenvalue weighted by molar-refractivity contribution is 0.0381. The van der Waals surface area contributed by atoms with Crippen LogP contribution in [0.25, 0.3) is 0 Å². The molecule has 1 aromatic heterocycles. The van der Waals surface area contributed by atoms with E-state index in [1.165, 1.54) is 6.33 Å². The van der Waals surface area contributed by atoms with Crippen LogP contribution in [-0.4, -0.2) is 40.4 Å². The first-order valence-electron chi connectivity index (χ1n) is 6.16. The van der Waals surface area contributed by atoms with Crippen molar-refractivity contribution in [2.75, 3.05) is 30.8 Å². The summed E-state index contributed by atoms with van der Waals surface area (Å²) in [5.74, 6) is 1.40. The van der Waals surface area contributed by atoms with E-state index in [9.17, 15) is 5.11 Å². The molecular weight excluding hydrogens is 232 g/mol. The molecule has 0 radical (unpaired) electrons. The molecular formula is C12H20N4O2. The second kappa shape index (κ2) is 5.07. The molecule has 100 valence electrons. The number of nitrogens with two attached hydrogens (primary N) is 1. The van der Waals surface area contributed by atoms with Crippen LogP contribution in [0, 0.1) is 0 Å². The molecule has 6 nitrogen and oxygen atoms in total. The van der Waals surface area contributed by atoms with Crippen LogP contribution in [0.4, 0.5) is 11.6 Å². The number of nitrogens with zero attached hydrogens (tertiary/aromatic N) is 2. The van der Waals surface area contributed by atoms with Crippen molar-refractivity contribution in [3.05, 3.63) is 11.9 Å². The predicted octanol–water partition coefficient (Wildman–Crippen LogP) is 0.746. The Labute approximate surface area is 107 Å². The number of nitrogens with one attached hydrogen (secondary N) is 1. The van der Waals surface area contributed by atoms with Crippen LogP contribution in [-0.2, 0) is 4.74 Å². The molecule has 0 amide bonds. The first-order chi connectivity index (χ1) is 8.52. The van der Waals surface area contributed by atoms with Gasteiger partial charge in [0.25, 0.3) is 0 Å². The number of hydrogen-bond acceptors (Lipinski definition) is 6. The number of anilines is 2. The predicted molar refractivity (Wildman–Crippen MR) is 69.4 cm³/mol. The molecule has 1 aliphatic rings. The van der Waals surface area contributed by atoms with Gasteiger partial charge in [0, 0.05) is 25.1 Å². The Bertz CT molecular complexity index is 417. The number of aliphatic hydroxyl groups is 1. The van der Waals surface area contributed by atoms with Gasteiger partial charge in [-0.2, -0.15) is 0 Å². The van der Waals surface area contributed by atoms with Crippen molar-refractivity contribution in [2.24, 2.45) is 0 Å². The van der Waals surface area contributed by atoms with E-state index in [-0.39, 0.29) is 5.92 Å². The van der Waals surface area contributed by atoms with Crippen molar-refractivity contribution in [3.63, 3.8) is 0 Å². The van der Waals surface area contributed by atoms with Gasteiger partial charge in [0.05, 0.1) is 6.61 Å². The summed E-state index contributed by atoms with van der Waals surface area (Å²) in [4.78, 5) is 8.20. The van der Waals surface area contributed by atoms with Crippen LogP contribution in [0.3, 0.4) is 0 Å². The molecule has 6 heteroatoms. The molecule has 0 saturated carbocycles. The monoisotopic (exact) mass is 252 g/mol. The Morgan fingerprint density at radius 1 is 1.56 bits per heavy atom. The molecule has 2 rings (SSSR count). The highest BCUT2D eigenvalue weighted by atomic mass is 16.5. The molecule has 18 heavy (non-hydrogen) atoms. The Kier molecular flexibility index (Phi) is 3.68. The van der Waals surface area contributed by atoms with E-state index in [4.69, 9.17) is 10.5 Å². The van der Waals surface area contributed by atoms with Crippen LogP contribution in [0.15, 0.2) is 6.33 Å². The van der Waals surface area contributed by atoms with E-state index in [1.807, 2.05) is 13.8 Å². The maximum Gasteiger partial charge on any atom is 0.135 e. The van der Waals surface area contributed by atoms with Crippen molar-refractivity contribution in [1.82, 2.24) is 9.97 Å². The Morgan fingerprint density at radius 3 is 2.94 bits per heavy atom. The summed E-state index contributed by atoms with van der Waals surface area (Å²) >= 11 is 0. The smallest absolute Gasteiger partial charge is 0.135 e. The van der Waals surface area contributed by atoms with E-state index in [0.29, 0.717) is 37.8 Å². The molecule has 1 fully saturated rings. The zero-order valence-corrected chi connectivity index (χ0v) is 10.8. The van der Waals surface area contributed by atoms with E-state index in [2.05, 4.69) is 15.3 Å². The zero-order chi connectivity index (χ0) is 13.2. The summed E-state index contributed by atoms with van der Waals surface area (Å²) in [7, 11) is 0. The van der Waals surface area contributed by atoms with Crippen molar-refractivity contribution in [1.29, 1.82) is 0 Å². The Balaban J connectivity index is 2.11. The highest BCUT2D eigenvalue weighted by Gasteiger charge is 2.32. The average Bonchev–Trinajstić information content (AvgIpc) is 2.73. The van der Waals surface area contributed by atoms with Gasteiger partial charge in [-0.25, -0.2) is 9.97 Å². The van der Waals surface area contributed by atoms with E-state index in [0.717, 1.165) is 5.56 Å². The maximum atomic E-state index is 10.2. The lowest BCUT2D eigenvalue weighted by Gasteiger charge is -2.22. The van der Waals surface area contributed by atoms with E-state index >= 15 is 0 Å². The highest BCUT2D eigenvalue weighted by molar-refractivity contribution is 5.56. The SMILES string of the molecule is CC(C)c1c(N)ncnc1NCC1(O)CCOC1. The van der Waals surface area contributed by atoms with Gasteiger partial charge >= 0.3 is 0 Å². The second-order valence-electron chi connectivity index (χ2n) is 5.06. The van der Waals surface area contributed by atoms with Crippen molar-refractivity contribution >= 4 is 11.6 Å². The quantitative estimate of drug-likeness (QED) is 0.732. The summed E-state index contributed by atoms with van der Waals surface area (Å²) < 4.78 is 5.20. The summed E-state index contributed by atoms with van der Waals surface area (Å²) in [5.41, 5.74) is 5.94. The number of ether oxygens (including phenoxy) is 1. The molecule has 1 unspecified atom stereocenters. The third-order valence-corrected chi connectivity index (χ3v) is 3.16. The summed E-state index contributed by atoms with van der Waals surface area (Å²) in [6.45, 7) is 5.43. The van der Waals surface area contributed by atoms with Gasteiger partial charge in [-0.15, -0.1) is 0 Å². The van der Waals surface area contributed by atoms with E-state index < -0.39 is 5.60 Å². The fourth-order valence-corrected chi connectivity index (χ4v) is 2.10. The van der Waals surface area contributed by atoms with Crippen LogP contribution >= 0.6 is 0 Å². The standard InChI is InChI=1S/C12H20N4O2/c1-8(2)9-10(13)15-7-16-11(9)14-5-12(17)3-4-18-6-12/h7-8,17H,3-6H2,1-2H3,(H3,13,14,15,16). The molecule has 0 aromatic carbocycles.